The highest BCUT2D eigenvalue weighted by atomic mass is 16.5. The van der Waals surface area contributed by atoms with Gasteiger partial charge in [0, 0.05) is 12.1 Å². The second-order valence-electron chi connectivity index (χ2n) is 4.97. The van der Waals surface area contributed by atoms with Crippen LogP contribution in [0, 0.1) is 0 Å². The van der Waals surface area contributed by atoms with E-state index in [1.165, 1.54) is 21.3 Å². The van der Waals surface area contributed by atoms with Crippen LogP contribution in [0.4, 0.5) is 0 Å². The number of hydrogen-bond donors (Lipinski definition) is 2. The number of carbonyl (C=O) groups is 1. The minimum Gasteiger partial charge on any atom is -0.493 e. The molecule has 0 saturated carbocycles. The summed E-state index contributed by atoms with van der Waals surface area (Å²) in [6.07, 6.45) is 0.696. The molecular formula is C15H24N2O4. The lowest BCUT2D eigenvalue weighted by atomic mass is 10.1. The summed E-state index contributed by atoms with van der Waals surface area (Å²) in [7, 11) is 4.52. The van der Waals surface area contributed by atoms with Crippen LogP contribution in [0.3, 0.4) is 0 Å². The van der Waals surface area contributed by atoms with Gasteiger partial charge in [-0.2, -0.15) is 0 Å². The Morgan fingerprint density at radius 3 is 2.24 bits per heavy atom. The Bertz CT molecular complexity index is 489. The number of ether oxygens (including phenoxy) is 3. The van der Waals surface area contributed by atoms with Gasteiger partial charge in [0.25, 0.3) is 5.91 Å². The Hall–Kier alpha value is -1.95. The Labute approximate surface area is 125 Å². The van der Waals surface area contributed by atoms with Gasteiger partial charge >= 0.3 is 0 Å². The molecule has 2 unspecified atom stereocenters. The van der Waals surface area contributed by atoms with E-state index in [1.807, 2.05) is 13.8 Å². The molecule has 0 aliphatic carbocycles. The third-order valence-electron chi connectivity index (χ3n) is 3.05. The lowest BCUT2D eigenvalue weighted by molar-refractivity contribution is 0.0933. The van der Waals surface area contributed by atoms with E-state index in [1.54, 1.807) is 12.1 Å². The van der Waals surface area contributed by atoms with Crippen molar-refractivity contribution in [2.75, 3.05) is 21.3 Å². The largest absolute Gasteiger partial charge is 0.493 e. The van der Waals surface area contributed by atoms with Crippen LogP contribution in [0.2, 0.25) is 0 Å². The van der Waals surface area contributed by atoms with Gasteiger partial charge in [-0.05, 0) is 32.4 Å². The zero-order chi connectivity index (χ0) is 16.0. The molecule has 1 rings (SSSR count). The van der Waals surface area contributed by atoms with Gasteiger partial charge < -0.3 is 25.3 Å². The molecule has 0 radical (unpaired) electrons. The zero-order valence-electron chi connectivity index (χ0n) is 13.2. The summed E-state index contributed by atoms with van der Waals surface area (Å²) in [6, 6.07) is 3.31. The van der Waals surface area contributed by atoms with Gasteiger partial charge in [0.2, 0.25) is 5.75 Å². The van der Waals surface area contributed by atoms with Gasteiger partial charge in [0.05, 0.1) is 26.9 Å². The molecule has 0 saturated heterocycles. The molecule has 0 aliphatic rings. The van der Waals surface area contributed by atoms with Crippen LogP contribution in [0.5, 0.6) is 17.2 Å². The van der Waals surface area contributed by atoms with Crippen LogP contribution < -0.4 is 25.3 Å². The quantitative estimate of drug-likeness (QED) is 0.798. The molecule has 0 aliphatic heterocycles. The number of rotatable bonds is 7. The van der Waals surface area contributed by atoms with Gasteiger partial charge in [0.1, 0.15) is 0 Å². The summed E-state index contributed by atoms with van der Waals surface area (Å²) in [5, 5.41) is 2.90. The van der Waals surface area contributed by atoms with E-state index in [0.717, 1.165) is 0 Å². The maximum absolute atomic E-state index is 12.4. The smallest absolute Gasteiger partial charge is 0.255 e. The van der Waals surface area contributed by atoms with Crippen molar-refractivity contribution >= 4 is 5.91 Å². The molecule has 0 bridgehead atoms. The van der Waals surface area contributed by atoms with Crippen molar-refractivity contribution in [3.8, 4) is 17.2 Å². The third-order valence-corrected chi connectivity index (χ3v) is 3.05. The Morgan fingerprint density at radius 1 is 1.14 bits per heavy atom. The van der Waals surface area contributed by atoms with Crippen molar-refractivity contribution in [3.05, 3.63) is 17.7 Å². The fourth-order valence-electron chi connectivity index (χ4n) is 2.20. The minimum absolute atomic E-state index is 0.0209. The summed E-state index contributed by atoms with van der Waals surface area (Å²) < 4.78 is 15.8. The van der Waals surface area contributed by atoms with Crippen LogP contribution >= 0.6 is 0 Å². The SMILES string of the molecule is COc1ccc(C(=O)NC(C)CC(C)N)c(OC)c1OC. The number of hydrogen-bond acceptors (Lipinski definition) is 5. The van der Waals surface area contributed by atoms with Crippen molar-refractivity contribution in [3.63, 3.8) is 0 Å². The first-order chi connectivity index (χ1) is 9.94. The topological polar surface area (TPSA) is 82.8 Å². The first kappa shape index (κ1) is 17.1. The number of nitrogens with one attached hydrogen (secondary N) is 1. The summed E-state index contributed by atoms with van der Waals surface area (Å²) in [5.74, 6) is 1.02. The number of carbonyl (C=O) groups excluding carboxylic acids is 1. The molecule has 118 valence electrons. The molecular weight excluding hydrogens is 272 g/mol. The summed E-state index contributed by atoms with van der Waals surface area (Å²) in [6.45, 7) is 3.81. The number of nitrogens with two attached hydrogens (primary N) is 1. The van der Waals surface area contributed by atoms with Gasteiger partial charge in [-0.15, -0.1) is 0 Å². The fourth-order valence-corrected chi connectivity index (χ4v) is 2.20. The Kier molecular flexibility index (Phi) is 6.30. The second-order valence-corrected chi connectivity index (χ2v) is 4.97. The number of amides is 1. The Morgan fingerprint density at radius 2 is 1.76 bits per heavy atom. The number of benzene rings is 1. The molecule has 0 spiro atoms. The van der Waals surface area contributed by atoms with Gasteiger partial charge in [-0.1, -0.05) is 0 Å². The van der Waals surface area contributed by atoms with Crippen molar-refractivity contribution in [1.82, 2.24) is 5.32 Å². The van der Waals surface area contributed by atoms with E-state index >= 15 is 0 Å². The summed E-state index contributed by atoms with van der Waals surface area (Å²) >= 11 is 0. The highest BCUT2D eigenvalue weighted by Crippen LogP contribution is 2.39. The molecule has 6 heteroatoms. The third kappa shape index (κ3) is 4.26. The zero-order valence-corrected chi connectivity index (χ0v) is 13.2. The van der Waals surface area contributed by atoms with Crippen molar-refractivity contribution < 1.29 is 19.0 Å². The van der Waals surface area contributed by atoms with Gasteiger partial charge in [-0.3, -0.25) is 4.79 Å². The molecule has 3 N–H and O–H groups in total. The van der Waals surface area contributed by atoms with E-state index in [4.69, 9.17) is 19.9 Å². The van der Waals surface area contributed by atoms with Gasteiger partial charge in [0.15, 0.2) is 11.5 Å². The van der Waals surface area contributed by atoms with E-state index < -0.39 is 0 Å². The Balaban J connectivity index is 3.04. The van der Waals surface area contributed by atoms with Crippen LogP contribution in [-0.2, 0) is 0 Å². The van der Waals surface area contributed by atoms with Crippen LogP contribution in [0.1, 0.15) is 30.6 Å². The molecule has 1 amide bonds. The molecule has 0 heterocycles. The van der Waals surface area contributed by atoms with Gasteiger partial charge in [-0.25, -0.2) is 0 Å². The van der Waals surface area contributed by atoms with Crippen molar-refractivity contribution in [2.45, 2.75) is 32.4 Å². The average molecular weight is 296 g/mol. The van der Waals surface area contributed by atoms with Crippen LogP contribution in [0.15, 0.2) is 12.1 Å². The lowest BCUT2D eigenvalue weighted by Gasteiger charge is -2.19. The molecule has 1 aromatic rings. The average Bonchev–Trinajstić information content (AvgIpc) is 2.44. The maximum Gasteiger partial charge on any atom is 0.255 e. The van der Waals surface area contributed by atoms with Crippen LogP contribution in [0.25, 0.3) is 0 Å². The van der Waals surface area contributed by atoms with Crippen LogP contribution in [-0.4, -0.2) is 39.3 Å². The predicted molar refractivity (Wildman–Crippen MR) is 81.3 cm³/mol. The fraction of sp³-hybridized carbons (Fsp3) is 0.533. The molecule has 0 aromatic heterocycles. The van der Waals surface area contributed by atoms with Crippen molar-refractivity contribution in [2.24, 2.45) is 5.73 Å². The highest BCUT2D eigenvalue weighted by Gasteiger charge is 2.21. The molecule has 6 nitrogen and oxygen atoms in total. The van der Waals surface area contributed by atoms with Crippen molar-refractivity contribution in [1.29, 1.82) is 0 Å². The normalized spacial score (nSPS) is 13.2. The lowest BCUT2D eigenvalue weighted by Crippen LogP contribution is -2.36. The number of methoxy groups -OCH3 is 3. The molecule has 21 heavy (non-hydrogen) atoms. The second kappa shape index (κ2) is 7.73. The first-order valence-corrected chi connectivity index (χ1v) is 6.80. The van der Waals surface area contributed by atoms with E-state index in [9.17, 15) is 4.79 Å². The summed E-state index contributed by atoms with van der Waals surface area (Å²) in [4.78, 5) is 12.4. The molecule has 1 aromatic carbocycles. The predicted octanol–water partition coefficient (Wildman–Crippen LogP) is 1.57. The molecule has 0 fully saturated rings. The maximum atomic E-state index is 12.4. The standard InChI is InChI=1S/C15H24N2O4/c1-9(16)8-10(2)17-15(18)11-6-7-12(19-3)14(21-5)13(11)20-4/h6-7,9-10H,8,16H2,1-5H3,(H,17,18). The summed E-state index contributed by atoms with van der Waals surface area (Å²) in [5.41, 5.74) is 6.13. The highest BCUT2D eigenvalue weighted by molar-refractivity contribution is 5.98. The van der Waals surface area contributed by atoms with E-state index in [-0.39, 0.29) is 18.0 Å². The minimum atomic E-state index is -0.235. The molecule has 2 atom stereocenters. The van der Waals surface area contributed by atoms with E-state index in [0.29, 0.717) is 29.2 Å². The monoisotopic (exact) mass is 296 g/mol. The van der Waals surface area contributed by atoms with E-state index in [2.05, 4.69) is 5.32 Å². The first-order valence-electron chi connectivity index (χ1n) is 6.80.